The van der Waals surface area contributed by atoms with E-state index >= 15 is 0 Å². The molecule has 0 unspecified atom stereocenters. The fourth-order valence-corrected chi connectivity index (χ4v) is 2.02. The van der Waals surface area contributed by atoms with Crippen molar-refractivity contribution in [2.24, 2.45) is 0 Å². The molecule has 0 aliphatic carbocycles. The van der Waals surface area contributed by atoms with Gasteiger partial charge in [0.2, 0.25) is 0 Å². The van der Waals surface area contributed by atoms with Gasteiger partial charge in [-0.3, -0.25) is 5.10 Å². The fourth-order valence-electron chi connectivity index (χ4n) is 1.36. The molecule has 0 saturated carbocycles. The number of nitrogens with zero attached hydrogens (tertiary/aromatic N) is 1. The quantitative estimate of drug-likeness (QED) is 0.837. The summed E-state index contributed by atoms with van der Waals surface area (Å²) in [5.41, 5.74) is 7.65. The van der Waals surface area contributed by atoms with E-state index < -0.39 is 0 Å². The Morgan fingerprint density at radius 2 is 2.13 bits per heavy atom. The van der Waals surface area contributed by atoms with Crippen LogP contribution < -0.4 is 5.73 Å². The molecule has 0 aliphatic rings. The zero-order chi connectivity index (χ0) is 11.0. The minimum absolute atomic E-state index is 0.270. The molecule has 3 N–H and O–H groups in total. The van der Waals surface area contributed by atoms with Gasteiger partial charge in [-0.25, -0.2) is 4.39 Å². The van der Waals surface area contributed by atoms with Crippen LogP contribution in [0.25, 0.3) is 11.1 Å². The Morgan fingerprint density at radius 1 is 1.40 bits per heavy atom. The van der Waals surface area contributed by atoms with E-state index in [0.29, 0.717) is 27.0 Å². The highest BCUT2D eigenvalue weighted by atomic mass is 79.9. The lowest BCUT2D eigenvalue weighted by Gasteiger charge is -2.06. The number of H-pyrrole nitrogens is 1. The summed E-state index contributed by atoms with van der Waals surface area (Å²) >= 11 is 3.21. The van der Waals surface area contributed by atoms with Gasteiger partial charge in [0.15, 0.2) is 0 Å². The Balaban J connectivity index is 2.65. The van der Waals surface area contributed by atoms with Crippen LogP contribution in [-0.2, 0) is 0 Å². The Bertz CT molecular complexity index is 507. The third kappa shape index (κ3) is 1.63. The lowest BCUT2D eigenvalue weighted by molar-refractivity contribution is 0.612. The molecule has 1 aromatic heterocycles. The van der Waals surface area contributed by atoms with Gasteiger partial charge in [0.25, 0.3) is 0 Å². The average molecular weight is 270 g/mol. The number of benzene rings is 1. The molecule has 0 radical (unpaired) electrons. The van der Waals surface area contributed by atoms with Crippen LogP contribution >= 0.6 is 15.9 Å². The maximum absolute atomic E-state index is 13.6. The van der Waals surface area contributed by atoms with Crippen LogP contribution in [-0.4, -0.2) is 10.2 Å². The van der Waals surface area contributed by atoms with E-state index in [-0.39, 0.29) is 5.82 Å². The largest absolute Gasteiger partial charge is 0.384 e. The first-order valence-corrected chi connectivity index (χ1v) is 5.14. The Morgan fingerprint density at radius 3 is 2.73 bits per heavy atom. The van der Waals surface area contributed by atoms with E-state index in [1.807, 2.05) is 6.07 Å². The average Bonchev–Trinajstić information content (AvgIpc) is 2.62. The number of nitrogen functional groups attached to an aromatic ring is 1. The molecular formula is C10H9BrFN3. The second kappa shape index (κ2) is 3.66. The van der Waals surface area contributed by atoms with Crippen molar-refractivity contribution in [3.63, 3.8) is 0 Å². The molecule has 15 heavy (non-hydrogen) atoms. The molecule has 78 valence electrons. The number of nitrogens with one attached hydrogen (secondary N) is 1. The zero-order valence-corrected chi connectivity index (χ0v) is 9.60. The number of hydrogen-bond acceptors (Lipinski definition) is 2. The van der Waals surface area contributed by atoms with Crippen LogP contribution in [0.5, 0.6) is 0 Å². The second-order valence-corrected chi connectivity index (χ2v) is 4.05. The van der Waals surface area contributed by atoms with Crippen molar-refractivity contribution >= 4 is 21.7 Å². The van der Waals surface area contributed by atoms with Gasteiger partial charge in [-0.15, -0.1) is 0 Å². The fraction of sp³-hybridized carbons (Fsp3) is 0.100. The van der Waals surface area contributed by atoms with Gasteiger partial charge in [-0.2, -0.15) is 5.10 Å². The van der Waals surface area contributed by atoms with Gasteiger partial charge >= 0.3 is 0 Å². The molecule has 3 nitrogen and oxygen atoms in total. The van der Waals surface area contributed by atoms with E-state index in [9.17, 15) is 4.39 Å². The SMILES string of the molecule is Cc1ccc(-c2cn[nH]c2N)c(Br)c1F. The minimum Gasteiger partial charge on any atom is -0.384 e. The van der Waals surface area contributed by atoms with E-state index in [1.54, 1.807) is 19.2 Å². The molecule has 2 aromatic rings. The number of aromatic amines is 1. The van der Waals surface area contributed by atoms with Crippen LogP contribution in [0, 0.1) is 12.7 Å². The molecule has 0 atom stereocenters. The third-order valence-electron chi connectivity index (χ3n) is 2.23. The summed E-state index contributed by atoms with van der Waals surface area (Å²) in [7, 11) is 0. The molecule has 0 fully saturated rings. The van der Waals surface area contributed by atoms with Gasteiger partial charge < -0.3 is 5.73 Å². The van der Waals surface area contributed by atoms with Gasteiger partial charge in [0.1, 0.15) is 11.6 Å². The zero-order valence-electron chi connectivity index (χ0n) is 8.01. The van der Waals surface area contributed by atoms with E-state index in [4.69, 9.17) is 5.73 Å². The van der Waals surface area contributed by atoms with Gasteiger partial charge in [-0.05, 0) is 28.4 Å². The lowest BCUT2D eigenvalue weighted by Crippen LogP contribution is -1.91. The molecule has 1 heterocycles. The summed E-state index contributed by atoms with van der Waals surface area (Å²) in [5, 5.41) is 6.41. The first kappa shape index (κ1) is 10.2. The highest BCUT2D eigenvalue weighted by Crippen LogP contribution is 2.33. The first-order valence-electron chi connectivity index (χ1n) is 4.35. The van der Waals surface area contributed by atoms with Crippen molar-refractivity contribution < 1.29 is 4.39 Å². The van der Waals surface area contributed by atoms with Crippen LogP contribution in [0.15, 0.2) is 22.8 Å². The lowest BCUT2D eigenvalue weighted by atomic mass is 10.1. The molecular weight excluding hydrogens is 261 g/mol. The smallest absolute Gasteiger partial charge is 0.140 e. The minimum atomic E-state index is -0.270. The Labute approximate surface area is 94.6 Å². The number of rotatable bonds is 1. The summed E-state index contributed by atoms with van der Waals surface area (Å²) < 4.78 is 14.0. The van der Waals surface area contributed by atoms with Crippen LogP contribution in [0.3, 0.4) is 0 Å². The molecule has 2 rings (SSSR count). The summed E-state index contributed by atoms with van der Waals surface area (Å²) in [4.78, 5) is 0. The number of aryl methyl sites for hydroxylation is 1. The monoisotopic (exact) mass is 269 g/mol. The van der Waals surface area contributed by atoms with Crippen molar-refractivity contribution in [1.82, 2.24) is 10.2 Å². The molecule has 5 heteroatoms. The van der Waals surface area contributed by atoms with E-state index in [1.165, 1.54) is 0 Å². The standard InChI is InChI=1S/C10H9BrFN3/c1-5-2-3-6(8(11)9(5)12)7-4-14-15-10(7)13/h2-4H,1H3,(H3,13,14,15). The normalized spacial score (nSPS) is 10.6. The summed E-state index contributed by atoms with van der Waals surface area (Å²) in [6, 6.07) is 3.52. The predicted molar refractivity (Wildman–Crippen MR) is 60.8 cm³/mol. The summed E-state index contributed by atoms with van der Waals surface area (Å²) in [6.45, 7) is 1.71. The number of nitrogens with two attached hydrogens (primary N) is 1. The highest BCUT2D eigenvalue weighted by Gasteiger charge is 2.13. The van der Waals surface area contributed by atoms with Crippen LogP contribution in [0.4, 0.5) is 10.2 Å². The Hall–Kier alpha value is -1.36. The molecule has 0 bridgehead atoms. The van der Waals surface area contributed by atoms with Crippen molar-refractivity contribution in [3.8, 4) is 11.1 Å². The molecule has 0 aliphatic heterocycles. The highest BCUT2D eigenvalue weighted by molar-refractivity contribution is 9.10. The van der Waals surface area contributed by atoms with E-state index in [0.717, 1.165) is 0 Å². The molecule has 1 aromatic carbocycles. The third-order valence-corrected chi connectivity index (χ3v) is 3.01. The number of aromatic nitrogens is 2. The van der Waals surface area contributed by atoms with Crippen molar-refractivity contribution in [1.29, 1.82) is 0 Å². The number of anilines is 1. The first-order chi connectivity index (χ1) is 7.11. The Kier molecular flexibility index (Phi) is 2.48. The molecule has 0 amide bonds. The van der Waals surface area contributed by atoms with Crippen molar-refractivity contribution in [3.05, 3.63) is 34.2 Å². The number of halogens is 2. The maximum atomic E-state index is 13.6. The van der Waals surface area contributed by atoms with Gasteiger partial charge in [0.05, 0.1) is 10.7 Å². The maximum Gasteiger partial charge on any atom is 0.140 e. The summed E-state index contributed by atoms with van der Waals surface area (Å²) in [5.74, 6) is 0.159. The number of hydrogen-bond donors (Lipinski definition) is 2. The van der Waals surface area contributed by atoms with Crippen molar-refractivity contribution in [2.75, 3.05) is 5.73 Å². The van der Waals surface area contributed by atoms with Gasteiger partial charge in [0, 0.05) is 11.1 Å². The van der Waals surface area contributed by atoms with Crippen LogP contribution in [0.2, 0.25) is 0 Å². The molecule has 0 saturated heterocycles. The predicted octanol–water partition coefficient (Wildman–Crippen LogP) is 2.87. The van der Waals surface area contributed by atoms with Crippen LogP contribution in [0.1, 0.15) is 5.56 Å². The van der Waals surface area contributed by atoms with E-state index in [2.05, 4.69) is 26.1 Å². The summed E-state index contributed by atoms with van der Waals surface area (Å²) in [6.07, 6.45) is 1.57. The topological polar surface area (TPSA) is 54.7 Å². The molecule has 0 spiro atoms. The van der Waals surface area contributed by atoms with Crippen molar-refractivity contribution in [2.45, 2.75) is 6.92 Å². The second-order valence-electron chi connectivity index (χ2n) is 3.26. The van der Waals surface area contributed by atoms with Gasteiger partial charge in [-0.1, -0.05) is 12.1 Å².